The summed E-state index contributed by atoms with van der Waals surface area (Å²) in [5, 5.41) is 14.9. The van der Waals surface area contributed by atoms with Crippen LogP contribution >= 0.6 is 0 Å². The molecule has 1 atom stereocenters. The van der Waals surface area contributed by atoms with E-state index in [0.29, 0.717) is 34.2 Å². The zero-order valence-electron chi connectivity index (χ0n) is 22.4. The molecule has 0 fully saturated rings. The molecule has 0 saturated heterocycles. The lowest BCUT2D eigenvalue weighted by atomic mass is 9.98. The maximum Gasteiger partial charge on any atom is 0.454 e. The summed E-state index contributed by atoms with van der Waals surface area (Å²) in [7, 11) is 0. The minimum Gasteiger partial charge on any atom is -0.454 e. The number of hydrogen-bond donors (Lipinski definition) is 2. The minimum atomic E-state index is -5.07. The molecular weight excluding hydrogens is 563 g/mol. The summed E-state index contributed by atoms with van der Waals surface area (Å²) in [6.45, 7) is -0.788. The molecule has 11 heteroatoms. The first-order valence-electron chi connectivity index (χ1n) is 12.9. The van der Waals surface area contributed by atoms with Crippen molar-refractivity contribution in [1.82, 2.24) is 5.32 Å². The average molecular weight is 588 g/mol. The van der Waals surface area contributed by atoms with Crippen LogP contribution in [-0.2, 0) is 25.5 Å². The number of furan rings is 1. The summed E-state index contributed by atoms with van der Waals surface area (Å²) < 4.78 is 48.7. The van der Waals surface area contributed by atoms with Crippen LogP contribution < -0.4 is 10.6 Å². The van der Waals surface area contributed by atoms with Gasteiger partial charge >= 0.3 is 12.1 Å². The average Bonchev–Trinajstić information content (AvgIpc) is 3.38. The Morgan fingerprint density at radius 1 is 0.907 bits per heavy atom. The number of esters is 1. The normalized spacial score (nSPS) is 11.9. The van der Waals surface area contributed by atoms with Crippen LogP contribution in [0.1, 0.15) is 11.1 Å². The van der Waals surface area contributed by atoms with Crippen molar-refractivity contribution in [3.63, 3.8) is 0 Å². The van der Waals surface area contributed by atoms with Crippen LogP contribution in [-0.4, -0.2) is 36.5 Å². The first kappa shape index (κ1) is 30.3. The summed E-state index contributed by atoms with van der Waals surface area (Å²) in [6.07, 6.45) is -4.11. The number of nitriles is 1. The number of carbonyl (C=O) groups is 3. The van der Waals surface area contributed by atoms with Gasteiger partial charge in [-0.3, -0.25) is 14.9 Å². The molecule has 1 amide bonds. The molecule has 0 unspecified atom stereocenters. The number of amides is 1. The zero-order valence-corrected chi connectivity index (χ0v) is 22.4. The molecule has 1 aromatic heterocycles. The number of halogens is 3. The van der Waals surface area contributed by atoms with Crippen molar-refractivity contribution in [2.24, 2.45) is 0 Å². The van der Waals surface area contributed by atoms with Crippen molar-refractivity contribution >= 4 is 23.5 Å². The first-order chi connectivity index (χ1) is 20.7. The summed E-state index contributed by atoms with van der Waals surface area (Å²) in [5.74, 6) is -3.68. The number of alkyl halides is 3. The topological polar surface area (TPSA) is 121 Å². The van der Waals surface area contributed by atoms with Crippen LogP contribution in [0.4, 0.5) is 19.1 Å². The Hall–Kier alpha value is -5.63. The van der Waals surface area contributed by atoms with E-state index in [1.165, 1.54) is 0 Å². The van der Waals surface area contributed by atoms with E-state index in [-0.39, 0.29) is 23.9 Å². The van der Waals surface area contributed by atoms with Crippen LogP contribution in [0.25, 0.3) is 22.5 Å². The number of ketones is 1. The molecule has 2 N–H and O–H groups in total. The summed E-state index contributed by atoms with van der Waals surface area (Å²) in [5.41, 5.74) is 2.52. The third-order valence-electron chi connectivity index (χ3n) is 6.10. The molecule has 0 spiro atoms. The number of nitrogens with one attached hydrogen (secondary N) is 2. The van der Waals surface area contributed by atoms with Gasteiger partial charge in [-0.25, -0.2) is 4.79 Å². The minimum absolute atomic E-state index is 0.0104. The van der Waals surface area contributed by atoms with E-state index in [1.54, 1.807) is 78.9 Å². The molecular formula is C32H24F3N3O5. The van der Waals surface area contributed by atoms with Gasteiger partial charge in [0.05, 0.1) is 0 Å². The number of benzene rings is 3. The number of allylic oxidation sites excluding steroid dienone is 1. The van der Waals surface area contributed by atoms with Gasteiger partial charge in [0.2, 0.25) is 5.88 Å². The fourth-order valence-electron chi connectivity index (χ4n) is 4.09. The Balaban J connectivity index is 1.50. The SMILES string of the molecule is N#Cc1c(NC(=O)COC(=O)[C@@H](Cc2ccccc2)N/C=C/C(=O)C(F)(F)F)oc(-c2ccccc2)c1-c1ccccc1. The highest BCUT2D eigenvalue weighted by atomic mass is 19.4. The lowest BCUT2D eigenvalue weighted by Crippen LogP contribution is -2.38. The summed E-state index contributed by atoms with van der Waals surface area (Å²) in [6, 6.07) is 27.4. The Morgan fingerprint density at radius 3 is 2.07 bits per heavy atom. The monoisotopic (exact) mass is 587 g/mol. The maximum atomic E-state index is 12.8. The molecule has 0 aliphatic carbocycles. The third-order valence-corrected chi connectivity index (χ3v) is 6.10. The lowest BCUT2D eigenvalue weighted by Gasteiger charge is -2.16. The Morgan fingerprint density at radius 2 is 1.49 bits per heavy atom. The van der Waals surface area contributed by atoms with Gasteiger partial charge in [0.1, 0.15) is 23.4 Å². The van der Waals surface area contributed by atoms with Gasteiger partial charge in [-0.15, -0.1) is 0 Å². The standard InChI is InChI=1S/C32H24F3N3O5/c33-32(34,35)26(39)16-17-37-25(18-21-10-4-1-5-11-21)31(41)42-20-27(40)38-30-24(19-36)28(22-12-6-2-7-13-22)29(43-30)23-14-8-3-9-15-23/h1-17,25,37H,18,20H2,(H,38,40)/b17-16+/t25-/m1/s1. The number of ether oxygens (including phenoxy) is 1. The molecule has 4 rings (SSSR count). The second-order valence-electron chi connectivity index (χ2n) is 9.11. The maximum absolute atomic E-state index is 12.8. The zero-order chi connectivity index (χ0) is 30.8. The van der Waals surface area contributed by atoms with Gasteiger partial charge in [0.25, 0.3) is 11.7 Å². The highest BCUT2D eigenvalue weighted by Crippen LogP contribution is 2.41. The van der Waals surface area contributed by atoms with Crippen molar-refractivity contribution in [1.29, 1.82) is 5.26 Å². The predicted molar refractivity (Wildman–Crippen MR) is 151 cm³/mol. The van der Waals surface area contributed by atoms with E-state index in [2.05, 4.69) is 16.7 Å². The number of hydrogen-bond acceptors (Lipinski definition) is 7. The number of anilines is 1. The van der Waals surface area contributed by atoms with Crippen molar-refractivity contribution < 1.29 is 36.7 Å². The number of nitrogens with zero attached hydrogens (tertiary/aromatic N) is 1. The van der Waals surface area contributed by atoms with E-state index in [1.807, 2.05) is 12.1 Å². The third kappa shape index (κ3) is 7.98. The molecule has 0 aliphatic rings. The second-order valence-corrected chi connectivity index (χ2v) is 9.11. The van der Waals surface area contributed by atoms with Gasteiger partial charge in [0, 0.05) is 29.8 Å². The molecule has 0 bridgehead atoms. The number of carbonyl (C=O) groups excluding carboxylic acids is 3. The second kappa shape index (κ2) is 13.8. The predicted octanol–water partition coefficient (Wildman–Crippen LogP) is 5.81. The Kier molecular flexibility index (Phi) is 9.75. The number of rotatable bonds is 11. The van der Waals surface area contributed by atoms with Gasteiger partial charge in [-0.05, 0) is 11.1 Å². The lowest BCUT2D eigenvalue weighted by molar-refractivity contribution is -0.165. The molecule has 0 aliphatic heterocycles. The molecule has 8 nitrogen and oxygen atoms in total. The van der Waals surface area contributed by atoms with Crippen LogP contribution in [0.15, 0.2) is 108 Å². The van der Waals surface area contributed by atoms with Crippen LogP contribution in [0.3, 0.4) is 0 Å². The first-order valence-corrected chi connectivity index (χ1v) is 12.9. The van der Waals surface area contributed by atoms with E-state index in [0.717, 1.165) is 0 Å². The van der Waals surface area contributed by atoms with Gasteiger partial charge < -0.3 is 14.5 Å². The van der Waals surface area contributed by atoms with Crippen molar-refractivity contribution in [2.45, 2.75) is 18.6 Å². The Bertz CT molecular complexity index is 1640. The van der Waals surface area contributed by atoms with E-state index >= 15 is 0 Å². The summed E-state index contributed by atoms with van der Waals surface area (Å²) >= 11 is 0. The fraction of sp³-hybridized carbons (Fsp3) is 0.125. The molecule has 4 aromatic rings. The van der Waals surface area contributed by atoms with Crippen LogP contribution in [0, 0.1) is 11.3 Å². The van der Waals surface area contributed by atoms with E-state index < -0.39 is 36.5 Å². The van der Waals surface area contributed by atoms with Gasteiger partial charge in [-0.1, -0.05) is 91.0 Å². The molecule has 1 heterocycles. The van der Waals surface area contributed by atoms with Crippen molar-refractivity contribution in [3.05, 3.63) is 114 Å². The van der Waals surface area contributed by atoms with Crippen molar-refractivity contribution in [3.8, 4) is 28.5 Å². The Labute approximate surface area is 244 Å². The van der Waals surface area contributed by atoms with Gasteiger partial charge in [0.15, 0.2) is 6.61 Å². The fourth-order valence-corrected chi connectivity index (χ4v) is 4.09. The van der Waals surface area contributed by atoms with Crippen LogP contribution in [0.5, 0.6) is 0 Å². The summed E-state index contributed by atoms with van der Waals surface area (Å²) in [4.78, 5) is 36.8. The quantitative estimate of drug-likeness (QED) is 0.168. The molecule has 0 radical (unpaired) electrons. The van der Waals surface area contributed by atoms with Crippen molar-refractivity contribution in [2.75, 3.05) is 11.9 Å². The van der Waals surface area contributed by atoms with Gasteiger partial charge in [-0.2, -0.15) is 18.4 Å². The largest absolute Gasteiger partial charge is 0.454 e. The molecule has 0 saturated carbocycles. The van der Waals surface area contributed by atoms with E-state index in [9.17, 15) is 32.8 Å². The molecule has 3 aromatic carbocycles. The smallest absolute Gasteiger partial charge is 0.454 e. The molecule has 43 heavy (non-hydrogen) atoms. The highest BCUT2D eigenvalue weighted by Gasteiger charge is 2.36. The highest BCUT2D eigenvalue weighted by molar-refractivity contribution is 5.97. The van der Waals surface area contributed by atoms with E-state index in [4.69, 9.17) is 9.15 Å². The molecule has 218 valence electrons. The van der Waals surface area contributed by atoms with Crippen LogP contribution in [0.2, 0.25) is 0 Å².